The highest BCUT2D eigenvalue weighted by atomic mass is 79.9. The van der Waals surface area contributed by atoms with Crippen molar-refractivity contribution in [1.82, 2.24) is 9.78 Å². The van der Waals surface area contributed by atoms with E-state index in [0.29, 0.717) is 19.4 Å². The number of nitrogens with zero attached hydrogens (tertiary/aromatic N) is 2. The zero-order chi connectivity index (χ0) is 14.7. The minimum absolute atomic E-state index is 0.165. The van der Waals surface area contributed by atoms with Crippen molar-refractivity contribution in [2.45, 2.75) is 58.8 Å². The molecule has 5 nitrogen and oxygen atoms in total. The van der Waals surface area contributed by atoms with Crippen molar-refractivity contribution in [2.24, 2.45) is 5.92 Å². The fraction of sp³-hybridized carbons (Fsp3) is 0.714. The topological polar surface area (TPSA) is 64.4 Å². The number of carbonyl (C=O) groups is 1. The van der Waals surface area contributed by atoms with Gasteiger partial charge in [-0.15, -0.1) is 0 Å². The van der Waals surface area contributed by atoms with Crippen LogP contribution in [0.3, 0.4) is 0 Å². The Morgan fingerprint density at radius 3 is 2.65 bits per heavy atom. The molecular weight excluding hydrogens is 324 g/mol. The number of rotatable bonds is 5. The maximum absolute atomic E-state index is 10.9. The zero-order valence-electron chi connectivity index (χ0n) is 11.9. The lowest BCUT2D eigenvalue weighted by Crippen LogP contribution is -2.26. The van der Waals surface area contributed by atoms with Crippen LogP contribution in [0.5, 0.6) is 0 Å². The van der Waals surface area contributed by atoms with Crippen LogP contribution in [0.1, 0.15) is 44.0 Å². The van der Waals surface area contributed by atoms with E-state index in [-0.39, 0.29) is 12.0 Å². The van der Waals surface area contributed by atoms with Gasteiger partial charge in [0.1, 0.15) is 0 Å². The summed E-state index contributed by atoms with van der Waals surface area (Å²) in [6, 6.07) is 0. The second-order valence-electron chi connectivity index (χ2n) is 5.28. The second-order valence-corrected chi connectivity index (χ2v) is 6.08. The van der Waals surface area contributed by atoms with Gasteiger partial charge in [-0.2, -0.15) is 5.10 Å². The van der Waals surface area contributed by atoms with E-state index in [1.54, 1.807) is 0 Å². The van der Waals surface area contributed by atoms with Gasteiger partial charge < -0.3 is 9.84 Å². The van der Waals surface area contributed by atoms with E-state index in [4.69, 9.17) is 9.84 Å². The third kappa shape index (κ3) is 3.41. The molecule has 1 N–H and O–H groups in total. The third-order valence-electron chi connectivity index (χ3n) is 3.93. The zero-order valence-corrected chi connectivity index (χ0v) is 13.5. The standard InChI is InChI=1S/C14H21BrN2O3/c1-3-17-12(13(15)9(2)16-17)8-20-11-6-4-10(5-7-11)14(18)19/h10-11H,3-8H2,1-2H3,(H,18,19). The fourth-order valence-electron chi connectivity index (χ4n) is 2.68. The van der Waals surface area contributed by atoms with E-state index in [1.807, 2.05) is 11.6 Å². The highest BCUT2D eigenvalue weighted by Crippen LogP contribution is 2.28. The number of halogens is 1. The first kappa shape index (κ1) is 15.5. The molecular formula is C14H21BrN2O3. The number of aliphatic carboxylic acids is 1. The fourth-order valence-corrected chi connectivity index (χ4v) is 3.08. The Bertz CT molecular complexity index is 479. The molecule has 1 aromatic rings. The Balaban J connectivity index is 1.89. The average molecular weight is 345 g/mol. The Morgan fingerprint density at radius 2 is 2.10 bits per heavy atom. The summed E-state index contributed by atoms with van der Waals surface area (Å²) in [7, 11) is 0. The van der Waals surface area contributed by atoms with Gasteiger partial charge in [0.25, 0.3) is 0 Å². The molecule has 1 heterocycles. The normalized spacial score (nSPS) is 22.9. The van der Waals surface area contributed by atoms with E-state index < -0.39 is 5.97 Å². The van der Waals surface area contributed by atoms with Crippen LogP contribution in [0, 0.1) is 12.8 Å². The van der Waals surface area contributed by atoms with Crippen LogP contribution in [0.15, 0.2) is 4.47 Å². The summed E-state index contributed by atoms with van der Waals surface area (Å²) >= 11 is 3.55. The van der Waals surface area contributed by atoms with Crippen molar-refractivity contribution in [2.75, 3.05) is 0 Å². The maximum Gasteiger partial charge on any atom is 0.306 e. The highest BCUT2D eigenvalue weighted by molar-refractivity contribution is 9.10. The minimum atomic E-state index is -0.675. The van der Waals surface area contributed by atoms with Gasteiger partial charge in [0.15, 0.2) is 0 Å². The Labute approximate surface area is 127 Å². The van der Waals surface area contributed by atoms with Crippen LogP contribution in [-0.2, 0) is 22.7 Å². The lowest BCUT2D eigenvalue weighted by molar-refractivity contribution is -0.143. The first-order valence-corrected chi connectivity index (χ1v) is 7.88. The largest absolute Gasteiger partial charge is 0.481 e. The SMILES string of the molecule is CCn1nc(C)c(Br)c1COC1CCC(C(=O)O)CC1. The summed E-state index contributed by atoms with van der Waals surface area (Å²) < 4.78 is 8.91. The van der Waals surface area contributed by atoms with Crippen LogP contribution >= 0.6 is 15.9 Å². The van der Waals surface area contributed by atoms with Gasteiger partial charge in [-0.3, -0.25) is 9.48 Å². The number of aromatic nitrogens is 2. The molecule has 0 spiro atoms. The van der Waals surface area contributed by atoms with Crippen LogP contribution in [-0.4, -0.2) is 27.0 Å². The molecule has 0 atom stereocenters. The highest BCUT2D eigenvalue weighted by Gasteiger charge is 2.26. The summed E-state index contributed by atoms with van der Waals surface area (Å²) in [6.07, 6.45) is 3.25. The Hall–Kier alpha value is -0.880. The molecule has 0 aliphatic heterocycles. The maximum atomic E-state index is 10.9. The van der Waals surface area contributed by atoms with Crippen LogP contribution < -0.4 is 0 Å². The lowest BCUT2D eigenvalue weighted by Gasteiger charge is -2.26. The number of ether oxygens (including phenoxy) is 1. The number of aryl methyl sites for hydroxylation is 2. The van der Waals surface area contributed by atoms with Crippen molar-refractivity contribution < 1.29 is 14.6 Å². The minimum Gasteiger partial charge on any atom is -0.481 e. The van der Waals surface area contributed by atoms with Gasteiger partial charge in [-0.25, -0.2) is 0 Å². The van der Waals surface area contributed by atoms with Gasteiger partial charge in [0, 0.05) is 6.54 Å². The van der Waals surface area contributed by atoms with Gasteiger partial charge in [0.2, 0.25) is 0 Å². The van der Waals surface area contributed by atoms with E-state index in [2.05, 4.69) is 28.0 Å². The summed E-state index contributed by atoms with van der Waals surface area (Å²) in [4.78, 5) is 10.9. The third-order valence-corrected chi connectivity index (χ3v) is 4.96. The van der Waals surface area contributed by atoms with Gasteiger partial charge >= 0.3 is 5.97 Å². The van der Waals surface area contributed by atoms with Gasteiger partial charge in [-0.05, 0) is 55.5 Å². The number of carboxylic acids is 1. The molecule has 0 aromatic carbocycles. The monoisotopic (exact) mass is 344 g/mol. The molecule has 0 amide bonds. The molecule has 112 valence electrons. The molecule has 1 saturated carbocycles. The van der Waals surface area contributed by atoms with Crippen molar-refractivity contribution >= 4 is 21.9 Å². The number of hydrogen-bond donors (Lipinski definition) is 1. The Kier molecular flexibility index (Phi) is 5.21. The molecule has 1 aliphatic rings. The van der Waals surface area contributed by atoms with E-state index in [0.717, 1.165) is 35.2 Å². The van der Waals surface area contributed by atoms with E-state index >= 15 is 0 Å². The summed E-state index contributed by atoms with van der Waals surface area (Å²) in [5, 5.41) is 13.4. The predicted octanol–water partition coefficient (Wildman–Crippen LogP) is 3.13. The molecule has 0 saturated heterocycles. The smallest absolute Gasteiger partial charge is 0.306 e. The lowest BCUT2D eigenvalue weighted by atomic mass is 9.87. The number of hydrogen-bond acceptors (Lipinski definition) is 3. The van der Waals surface area contributed by atoms with Crippen LogP contribution in [0.2, 0.25) is 0 Å². The summed E-state index contributed by atoms with van der Waals surface area (Å²) in [5.41, 5.74) is 2.03. The summed E-state index contributed by atoms with van der Waals surface area (Å²) in [6.45, 7) is 5.37. The first-order chi connectivity index (χ1) is 9.52. The molecule has 0 unspecified atom stereocenters. The van der Waals surface area contributed by atoms with Crippen molar-refractivity contribution in [1.29, 1.82) is 0 Å². The van der Waals surface area contributed by atoms with Crippen molar-refractivity contribution in [3.63, 3.8) is 0 Å². The van der Waals surface area contributed by atoms with Gasteiger partial charge in [0.05, 0.1) is 34.5 Å². The number of carboxylic acid groups (broad SMARTS) is 1. The molecule has 2 rings (SSSR count). The predicted molar refractivity (Wildman–Crippen MR) is 78.5 cm³/mol. The van der Waals surface area contributed by atoms with Gasteiger partial charge in [-0.1, -0.05) is 0 Å². The molecule has 0 bridgehead atoms. The molecule has 6 heteroatoms. The quantitative estimate of drug-likeness (QED) is 0.891. The van der Waals surface area contributed by atoms with E-state index in [9.17, 15) is 4.79 Å². The molecule has 20 heavy (non-hydrogen) atoms. The molecule has 1 aromatic heterocycles. The average Bonchev–Trinajstić information content (AvgIpc) is 2.72. The second kappa shape index (κ2) is 6.72. The van der Waals surface area contributed by atoms with Crippen molar-refractivity contribution in [3.8, 4) is 0 Å². The van der Waals surface area contributed by atoms with Crippen LogP contribution in [0.25, 0.3) is 0 Å². The van der Waals surface area contributed by atoms with E-state index in [1.165, 1.54) is 0 Å². The molecule has 1 aliphatic carbocycles. The first-order valence-electron chi connectivity index (χ1n) is 7.09. The molecule has 0 radical (unpaired) electrons. The van der Waals surface area contributed by atoms with Crippen LogP contribution in [0.4, 0.5) is 0 Å². The Morgan fingerprint density at radius 1 is 1.45 bits per heavy atom. The summed E-state index contributed by atoms with van der Waals surface area (Å²) in [5.74, 6) is -0.865. The molecule has 1 fully saturated rings. The van der Waals surface area contributed by atoms with Crippen molar-refractivity contribution in [3.05, 3.63) is 15.9 Å².